The van der Waals surface area contributed by atoms with E-state index in [4.69, 9.17) is 0 Å². The van der Waals surface area contributed by atoms with Gasteiger partial charge in [0.25, 0.3) is 5.69 Å². The molecule has 6 heteroatoms. The number of hydrogen-bond donors (Lipinski definition) is 1. The zero-order chi connectivity index (χ0) is 13.3. The monoisotopic (exact) mass is 248 g/mol. The first-order valence-electron chi connectivity index (χ1n) is 5.59. The molecule has 1 unspecified atom stereocenters. The highest BCUT2D eigenvalue weighted by molar-refractivity contribution is 6.09. The second-order valence-corrected chi connectivity index (χ2v) is 4.29. The summed E-state index contributed by atoms with van der Waals surface area (Å²) in [6.45, 7) is 1.82. The van der Waals surface area contributed by atoms with Gasteiger partial charge in [0.15, 0.2) is 0 Å². The van der Waals surface area contributed by atoms with Crippen molar-refractivity contribution in [3.63, 3.8) is 0 Å². The van der Waals surface area contributed by atoms with Crippen molar-refractivity contribution in [3.05, 3.63) is 39.9 Å². The van der Waals surface area contributed by atoms with Crippen LogP contribution in [0.2, 0.25) is 0 Å². The van der Waals surface area contributed by atoms with Crippen LogP contribution in [0.1, 0.15) is 25.3 Å². The molecular formula is C12H12N2O4. The number of nitro groups is 1. The molecule has 1 saturated heterocycles. The smallest absolute Gasteiger partial charge is 0.269 e. The summed E-state index contributed by atoms with van der Waals surface area (Å²) < 4.78 is 0. The predicted molar refractivity (Wildman–Crippen MR) is 62.8 cm³/mol. The van der Waals surface area contributed by atoms with Crippen LogP contribution in [-0.4, -0.2) is 16.7 Å². The highest BCUT2D eigenvalue weighted by atomic mass is 16.6. The van der Waals surface area contributed by atoms with Gasteiger partial charge in [-0.3, -0.25) is 25.0 Å². The lowest BCUT2D eigenvalue weighted by molar-refractivity contribution is -0.384. The van der Waals surface area contributed by atoms with Crippen LogP contribution in [0.4, 0.5) is 5.69 Å². The Kier molecular flexibility index (Phi) is 2.86. The molecule has 0 aromatic heterocycles. The third kappa shape index (κ3) is 1.75. The standard InChI is InChI=1S/C12H12N2O4/c1-2-12(7-10(15)13-11(12)16)8-3-5-9(6-4-8)14(17)18/h3-6H,2,7H2,1H3,(H,13,15,16). The highest BCUT2D eigenvalue weighted by Gasteiger charge is 2.46. The van der Waals surface area contributed by atoms with Crippen molar-refractivity contribution in [2.75, 3.05) is 0 Å². The van der Waals surface area contributed by atoms with E-state index in [1.807, 2.05) is 6.92 Å². The molecule has 1 atom stereocenters. The van der Waals surface area contributed by atoms with Gasteiger partial charge in [-0.25, -0.2) is 0 Å². The summed E-state index contributed by atoms with van der Waals surface area (Å²) in [5.74, 6) is -0.635. The Morgan fingerprint density at radius 3 is 2.33 bits per heavy atom. The molecule has 6 nitrogen and oxygen atoms in total. The Balaban J connectivity index is 2.42. The molecule has 1 aromatic rings. The topological polar surface area (TPSA) is 89.3 Å². The Labute approximate surface area is 103 Å². The summed E-state index contributed by atoms with van der Waals surface area (Å²) in [6.07, 6.45) is 0.572. The van der Waals surface area contributed by atoms with Gasteiger partial charge in [-0.15, -0.1) is 0 Å². The fraction of sp³-hybridized carbons (Fsp3) is 0.333. The molecule has 1 heterocycles. The average molecular weight is 248 g/mol. The second-order valence-electron chi connectivity index (χ2n) is 4.29. The molecule has 2 amide bonds. The van der Waals surface area contributed by atoms with E-state index in [-0.39, 0.29) is 23.9 Å². The molecule has 1 aliphatic heterocycles. The van der Waals surface area contributed by atoms with E-state index in [1.54, 1.807) is 12.1 Å². The first-order valence-corrected chi connectivity index (χ1v) is 5.59. The Morgan fingerprint density at radius 2 is 1.94 bits per heavy atom. The molecule has 18 heavy (non-hydrogen) atoms. The number of rotatable bonds is 3. The van der Waals surface area contributed by atoms with Gasteiger partial charge >= 0.3 is 0 Å². The normalized spacial score (nSPS) is 22.9. The van der Waals surface area contributed by atoms with Gasteiger partial charge in [-0.05, 0) is 12.0 Å². The highest BCUT2D eigenvalue weighted by Crippen LogP contribution is 2.36. The van der Waals surface area contributed by atoms with Gasteiger partial charge in [0, 0.05) is 18.6 Å². The van der Waals surface area contributed by atoms with Crippen molar-refractivity contribution in [1.29, 1.82) is 0 Å². The molecule has 0 spiro atoms. The maximum atomic E-state index is 11.9. The van der Waals surface area contributed by atoms with Crippen molar-refractivity contribution in [2.45, 2.75) is 25.2 Å². The molecule has 0 aliphatic carbocycles. The van der Waals surface area contributed by atoms with Gasteiger partial charge in [0.1, 0.15) is 0 Å². The minimum Gasteiger partial charge on any atom is -0.296 e. The number of carbonyl (C=O) groups is 2. The number of nitrogens with zero attached hydrogens (tertiary/aromatic N) is 1. The van der Waals surface area contributed by atoms with Crippen molar-refractivity contribution in [2.24, 2.45) is 0 Å². The van der Waals surface area contributed by atoms with E-state index in [9.17, 15) is 19.7 Å². The van der Waals surface area contributed by atoms with Crippen LogP contribution < -0.4 is 5.32 Å². The summed E-state index contributed by atoms with van der Waals surface area (Å²) >= 11 is 0. The third-order valence-corrected chi connectivity index (χ3v) is 3.38. The van der Waals surface area contributed by atoms with Crippen LogP contribution in [0.3, 0.4) is 0 Å². The lowest BCUT2D eigenvalue weighted by Gasteiger charge is -2.23. The van der Waals surface area contributed by atoms with Gasteiger partial charge in [-0.1, -0.05) is 19.1 Å². The quantitative estimate of drug-likeness (QED) is 0.496. The predicted octanol–water partition coefficient (Wildman–Crippen LogP) is 1.29. The number of carbonyl (C=O) groups excluding carboxylic acids is 2. The van der Waals surface area contributed by atoms with Crippen molar-refractivity contribution < 1.29 is 14.5 Å². The van der Waals surface area contributed by atoms with Gasteiger partial charge < -0.3 is 0 Å². The molecule has 1 aromatic carbocycles. The first-order chi connectivity index (χ1) is 8.49. The van der Waals surface area contributed by atoms with E-state index in [0.717, 1.165) is 0 Å². The van der Waals surface area contributed by atoms with Crippen LogP contribution in [0.25, 0.3) is 0 Å². The molecule has 94 valence electrons. The van der Waals surface area contributed by atoms with Gasteiger partial charge in [0.2, 0.25) is 11.8 Å². The number of nitro benzene ring substituents is 1. The van der Waals surface area contributed by atoms with Crippen molar-refractivity contribution in [3.8, 4) is 0 Å². The van der Waals surface area contributed by atoms with E-state index in [2.05, 4.69) is 5.32 Å². The maximum Gasteiger partial charge on any atom is 0.269 e. The van der Waals surface area contributed by atoms with Gasteiger partial charge in [-0.2, -0.15) is 0 Å². The maximum absolute atomic E-state index is 11.9. The summed E-state index contributed by atoms with van der Waals surface area (Å²) in [5.41, 5.74) is -0.277. The Bertz CT molecular complexity index is 523. The molecule has 1 aliphatic rings. The first kappa shape index (κ1) is 12.2. The largest absolute Gasteiger partial charge is 0.296 e. The fourth-order valence-corrected chi connectivity index (χ4v) is 2.27. The molecule has 0 saturated carbocycles. The summed E-state index contributed by atoms with van der Waals surface area (Å²) in [7, 11) is 0. The minimum atomic E-state index is -0.883. The minimum absolute atomic E-state index is 0.0327. The van der Waals surface area contributed by atoms with Crippen LogP contribution in [0, 0.1) is 10.1 Å². The molecule has 0 bridgehead atoms. The van der Waals surface area contributed by atoms with E-state index in [1.165, 1.54) is 12.1 Å². The van der Waals surface area contributed by atoms with Crippen LogP contribution in [0.5, 0.6) is 0 Å². The van der Waals surface area contributed by atoms with E-state index in [0.29, 0.717) is 12.0 Å². The fourth-order valence-electron chi connectivity index (χ4n) is 2.27. The third-order valence-electron chi connectivity index (χ3n) is 3.38. The van der Waals surface area contributed by atoms with E-state index >= 15 is 0 Å². The lowest BCUT2D eigenvalue weighted by Crippen LogP contribution is -2.34. The number of nitrogens with one attached hydrogen (secondary N) is 1. The summed E-state index contributed by atoms with van der Waals surface area (Å²) in [5, 5.41) is 12.9. The number of imide groups is 1. The zero-order valence-corrected chi connectivity index (χ0v) is 9.80. The molecule has 1 fully saturated rings. The molecule has 2 rings (SSSR count). The number of non-ortho nitro benzene ring substituents is 1. The summed E-state index contributed by atoms with van der Waals surface area (Å²) in [6, 6.07) is 5.78. The Morgan fingerprint density at radius 1 is 1.33 bits per heavy atom. The molecule has 1 N–H and O–H groups in total. The van der Waals surface area contributed by atoms with Crippen molar-refractivity contribution >= 4 is 17.5 Å². The number of benzene rings is 1. The molecular weight excluding hydrogens is 236 g/mol. The van der Waals surface area contributed by atoms with Crippen LogP contribution in [-0.2, 0) is 15.0 Å². The lowest BCUT2D eigenvalue weighted by atomic mass is 9.76. The van der Waals surface area contributed by atoms with Crippen molar-refractivity contribution in [1.82, 2.24) is 5.32 Å². The Hall–Kier alpha value is -2.24. The van der Waals surface area contributed by atoms with E-state index < -0.39 is 10.3 Å². The average Bonchev–Trinajstić information content (AvgIpc) is 2.65. The number of hydrogen-bond acceptors (Lipinski definition) is 4. The second kappa shape index (κ2) is 4.21. The molecule has 0 radical (unpaired) electrons. The van der Waals surface area contributed by atoms with Crippen LogP contribution >= 0.6 is 0 Å². The summed E-state index contributed by atoms with van der Waals surface area (Å²) in [4.78, 5) is 33.3. The SMILES string of the molecule is CCC1(c2ccc([N+](=O)[O-])cc2)CC(=O)NC1=O. The zero-order valence-electron chi connectivity index (χ0n) is 9.80. The number of amides is 2. The van der Waals surface area contributed by atoms with Gasteiger partial charge in [0.05, 0.1) is 10.3 Å². The van der Waals surface area contributed by atoms with Crippen LogP contribution in [0.15, 0.2) is 24.3 Å².